The minimum absolute atomic E-state index is 0.0404. The molecular formula is C14H21N3OS. The average molecular weight is 279 g/mol. The fraction of sp³-hybridized carbons (Fsp3) is 0.643. The van der Waals surface area contributed by atoms with E-state index in [9.17, 15) is 10.1 Å². The van der Waals surface area contributed by atoms with Gasteiger partial charge in [0.1, 0.15) is 5.41 Å². The largest absolute Gasteiger partial charge is 0.301 e. The van der Waals surface area contributed by atoms with Crippen molar-refractivity contribution in [3.63, 3.8) is 0 Å². The number of thiazole rings is 1. The van der Waals surface area contributed by atoms with E-state index in [2.05, 4.69) is 37.1 Å². The zero-order valence-corrected chi connectivity index (χ0v) is 13.0. The molecule has 0 aliphatic rings. The van der Waals surface area contributed by atoms with Crippen LogP contribution in [-0.4, -0.2) is 10.9 Å². The predicted octanol–water partition coefficient (Wildman–Crippen LogP) is 3.71. The Morgan fingerprint density at radius 3 is 2.37 bits per heavy atom. The number of carbonyl (C=O) groups excluding carboxylic acids is 1. The van der Waals surface area contributed by atoms with E-state index in [1.165, 1.54) is 11.3 Å². The smallest absolute Gasteiger partial charge is 0.246 e. The fourth-order valence-corrected chi connectivity index (χ4v) is 2.60. The Morgan fingerprint density at radius 1 is 1.42 bits per heavy atom. The number of nitriles is 1. The minimum Gasteiger partial charge on any atom is -0.301 e. The van der Waals surface area contributed by atoms with Gasteiger partial charge < -0.3 is 5.32 Å². The van der Waals surface area contributed by atoms with Crippen LogP contribution in [0, 0.1) is 16.7 Å². The summed E-state index contributed by atoms with van der Waals surface area (Å²) in [5.41, 5.74) is -0.0436. The molecule has 0 aromatic carbocycles. The highest BCUT2D eigenvalue weighted by Gasteiger charge is 2.35. The van der Waals surface area contributed by atoms with Crippen LogP contribution in [0.2, 0.25) is 0 Å². The van der Waals surface area contributed by atoms with E-state index in [4.69, 9.17) is 0 Å². The summed E-state index contributed by atoms with van der Waals surface area (Å²) in [7, 11) is 0. The molecule has 1 amide bonds. The van der Waals surface area contributed by atoms with Gasteiger partial charge in [-0.25, -0.2) is 4.98 Å². The molecule has 1 aromatic rings. The Morgan fingerprint density at radius 2 is 2.00 bits per heavy atom. The molecule has 104 valence electrons. The van der Waals surface area contributed by atoms with Crippen molar-refractivity contribution in [1.82, 2.24) is 4.98 Å². The van der Waals surface area contributed by atoms with Gasteiger partial charge in [0.25, 0.3) is 0 Å². The molecule has 0 spiro atoms. The monoisotopic (exact) mass is 279 g/mol. The minimum atomic E-state index is -0.951. The lowest BCUT2D eigenvalue weighted by atomic mass is 9.83. The SMILES string of the molecule is CCC(C#N)(CC)C(=O)Nc1nc(C(C)(C)C)cs1. The van der Waals surface area contributed by atoms with Gasteiger partial charge in [0, 0.05) is 10.8 Å². The lowest BCUT2D eigenvalue weighted by molar-refractivity contribution is -0.123. The number of nitrogens with zero attached hydrogens (tertiary/aromatic N) is 2. The maximum absolute atomic E-state index is 12.2. The highest BCUT2D eigenvalue weighted by atomic mass is 32.1. The first-order valence-corrected chi connectivity index (χ1v) is 7.35. The molecule has 4 nitrogen and oxygen atoms in total. The molecule has 0 radical (unpaired) electrons. The molecule has 1 N–H and O–H groups in total. The zero-order valence-electron chi connectivity index (χ0n) is 12.2. The Labute approximate surface area is 118 Å². The van der Waals surface area contributed by atoms with E-state index in [1.54, 1.807) is 0 Å². The molecule has 0 saturated carbocycles. The molecule has 0 saturated heterocycles. The molecule has 0 aliphatic carbocycles. The van der Waals surface area contributed by atoms with Crippen LogP contribution in [0.5, 0.6) is 0 Å². The second-order valence-electron chi connectivity index (χ2n) is 5.64. The highest BCUT2D eigenvalue weighted by molar-refractivity contribution is 7.14. The van der Waals surface area contributed by atoms with Crippen molar-refractivity contribution in [3.8, 4) is 6.07 Å². The van der Waals surface area contributed by atoms with Gasteiger partial charge in [0.2, 0.25) is 5.91 Å². The summed E-state index contributed by atoms with van der Waals surface area (Å²) < 4.78 is 0. The van der Waals surface area contributed by atoms with E-state index < -0.39 is 5.41 Å². The topological polar surface area (TPSA) is 65.8 Å². The number of anilines is 1. The van der Waals surface area contributed by atoms with Crippen LogP contribution in [-0.2, 0) is 10.2 Å². The summed E-state index contributed by atoms with van der Waals surface area (Å²) in [4.78, 5) is 16.6. The van der Waals surface area contributed by atoms with E-state index >= 15 is 0 Å². The molecule has 0 aliphatic heterocycles. The number of hydrogen-bond acceptors (Lipinski definition) is 4. The first kappa shape index (κ1) is 15.6. The van der Waals surface area contributed by atoms with Gasteiger partial charge >= 0.3 is 0 Å². The number of aromatic nitrogens is 1. The summed E-state index contributed by atoms with van der Waals surface area (Å²) in [6.45, 7) is 9.94. The van der Waals surface area contributed by atoms with Crippen LogP contribution in [0.25, 0.3) is 0 Å². The van der Waals surface area contributed by atoms with Crippen molar-refractivity contribution >= 4 is 22.4 Å². The third-order valence-electron chi connectivity index (χ3n) is 3.35. The lowest BCUT2D eigenvalue weighted by Crippen LogP contribution is -2.33. The van der Waals surface area contributed by atoms with Crippen LogP contribution >= 0.6 is 11.3 Å². The maximum Gasteiger partial charge on any atom is 0.246 e. The molecule has 1 heterocycles. The van der Waals surface area contributed by atoms with E-state index in [1.807, 2.05) is 19.2 Å². The van der Waals surface area contributed by atoms with Gasteiger partial charge in [-0.2, -0.15) is 5.26 Å². The first-order valence-electron chi connectivity index (χ1n) is 6.47. The molecule has 1 rings (SSSR count). The summed E-state index contributed by atoms with van der Waals surface area (Å²) in [5.74, 6) is -0.255. The van der Waals surface area contributed by atoms with Crippen molar-refractivity contribution in [2.24, 2.45) is 5.41 Å². The molecule has 0 atom stereocenters. The maximum atomic E-state index is 12.2. The average Bonchev–Trinajstić information content (AvgIpc) is 2.80. The molecule has 5 heteroatoms. The van der Waals surface area contributed by atoms with E-state index in [-0.39, 0.29) is 11.3 Å². The van der Waals surface area contributed by atoms with Gasteiger partial charge in [0.15, 0.2) is 5.13 Å². The van der Waals surface area contributed by atoms with Crippen molar-refractivity contribution < 1.29 is 4.79 Å². The quantitative estimate of drug-likeness (QED) is 0.913. The summed E-state index contributed by atoms with van der Waals surface area (Å²) in [6, 6.07) is 2.14. The van der Waals surface area contributed by atoms with Crippen LogP contribution < -0.4 is 5.32 Å². The van der Waals surface area contributed by atoms with Gasteiger partial charge in [0.05, 0.1) is 11.8 Å². The van der Waals surface area contributed by atoms with Crippen LogP contribution in [0.15, 0.2) is 5.38 Å². The molecule has 0 bridgehead atoms. The fourth-order valence-electron chi connectivity index (χ4n) is 1.67. The Hall–Kier alpha value is -1.41. The molecular weight excluding hydrogens is 258 g/mol. The van der Waals surface area contributed by atoms with Crippen molar-refractivity contribution in [1.29, 1.82) is 5.26 Å². The number of nitrogens with one attached hydrogen (secondary N) is 1. The zero-order chi connectivity index (χ0) is 14.7. The third-order valence-corrected chi connectivity index (χ3v) is 4.11. The van der Waals surface area contributed by atoms with Crippen LogP contribution in [0.1, 0.15) is 53.2 Å². The van der Waals surface area contributed by atoms with Crippen LogP contribution in [0.4, 0.5) is 5.13 Å². The normalized spacial score (nSPS) is 12.0. The van der Waals surface area contributed by atoms with Crippen molar-refractivity contribution in [3.05, 3.63) is 11.1 Å². The first-order chi connectivity index (χ1) is 8.79. The number of amides is 1. The Balaban J connectivity index is 2.89. The standard InChI is InChI=1S/C14H21N3OS/c1-6-14(7-2,9-15)11(18)17-12-16-10(8-19-12)13(3,4)5/h8H,6-7H2,1-5H3,(H,16,17,18). The number of carbonyl (C=O) groups is 1. The number of rotatable bonds is 4. The van der Waals surface area contributed by atoms with Crippen molar-refractivity contribution in [2.45, 2.75) is 52.9 Å². The lowest BCUT2D eigenvalue weighted by Gasteiger charge is -2.21. The highest BCUT2D eigenvalue weighted by Crippen LogP contribution is 2.30. The van der Waals surface area contributed by atoms with Gasteiger partial charge in [-0.15, -0.1) is 11.3 Å². The number of hydrogen-bond donors (Lipinski definition) is 1. The third kappa shape index (κ3) is 3.32. The van der Waals surface area contributed by atoms with Crippen molar-refractivity contribution in [2.75, 3.05) is 5.32 Å². The van der Waals surface area contributed by atoms with Gasteiger partial charge in [-0.1, -0.05) is 34.6 Å². The summed E-state index contributed by atoms with van der Waals surface area (Å²) >= 11 is 1.40. The summed E-state index contributed by atoms with van der Waals surface area (Å²) in [6.07, 6.45) is 1.01. The van der Waals surface area contributed by atoms with Gasteiger partial charge in [-0.3, -0.25) is 4.79 Å². The molecule has 19 heavy (non-hydrogen) atoms. The Kier molecular flexibility index (Phi) is 4.70. The van der Waals surface area contributed by atoms with E-state index in [0.29, 0.717) is 18.0 Å². The van der Waals surface area contributed by atoms with E-state index in [0.717, 1.165) is 5.69 Å². The predicted molar refractivity (Wildman–Crippen MR) is 78.1 cm³/mol. The molecule has 1 aromatic heterocycles. The summed E-state index contributed by atoms with van der Waals surface area (Å²) in [5, 5.41) is 14.5. The second-order valence-corrected chi connectivity index (χ2v) is 6.50. The molecule has 0 fully saturated rings. The Bertz CT molecular complexity index is 490. The van der Waals surface area contributed by atoms with Gasteiger partial charge in [-0.05, 0) is 12.8 Å². The molecule has 0 unspecified atom stereocenters. The second kappa shape index (κ2) is 5.70. The van der Waals surface area contributed by atoms with Crippen LogP contribution in [0.3, 0.4) is 0 Å².